The van der Waals surface area contributed by atoms with Crippen LogP contribution in [0.4, 0.5) is 0 Å². The summed E-state index contributed by atoms with van der Waals surface area (Å²) < 4.78 is 45.1. The van der Waals surface area contributed by atoms with Gasteiger partial charge < -0.3 is 19.7 Å². The number of aromatic amines is 2. The van der Waals surface area contributed by atoms with Gasteiger partial charge in [0.25, 0.3) is 11.1 Å². The fourth-order valence-electron chi connectivity index (χ4n) is 5.13. The lowest BCUT2D eigenvalue weighted by Crippen LogP contribution is -2.33. The average molecular weight is 651 g/mol. The number of hydrogen-bond donors (Lipinski definition) is 4. The lowest BCUT2D eigenvalue weighted by molar-refractivity contribution is -0.0600. The zero-order chi connectivity index (χ0) is 32.3. The van der Waals surface area contributed by atoms with Gasteiger partial charge in [0.05, 0.1) is 25.9 Å². The first-order chi connectivity index (χ1) is 21.5. The van der Waals surface area contributed by atoms with Crippen LogP contribution in [0.25, 0.3) is 0 Å². The molecule has 16 nitrogen and oxygen atoms in total. The van der Waals surface area contributed by atoms with Crippen LogP contribution < -0.4 is 22.5 Å². The molecule has 4 heterocycles. The highest BCUT2D eigenvalue weighted by molar-refractivity contribution is 7.48. The number of aryl methyl sites for hydroxylation is 2. The van der Waals surface area contributed by atoms with E-state index in [4.69, 9.17) is 23.0 Å². The van der Waals surface area contributed by atoms with E-state index in [1.807, 2.05) is 30.3 Å². The molecule has 2 fully saturated rings. The van der Waals surface area contributed by atoms with Gasteiger partial charge in [0, 0.05) is 36.4 Å². The zero-order valence-electron chi connectivity index (χ0n) is 24.6. The van der Waals surface area contributed by atoms with E-state index < -0.39 is 80.4 Å². The molecule has 7 atom stereocenters. The normalized spacial score (nSPS) is 26.2. The standard InChI is InChI=1S/C28H35N4O12P/c1-16-12-31(27(37)29-25(16)35)23-10-19(34)22(43-23)15-41-45(39,40-9-8-18-6-4-3-5-7-18)44-20-11-24(42-21(20)14-33)32-13-17(2)26(36)30-28(32)38/h3-7,12-13,19-24,33-34H,8-11,14-15H2,1-2H3,(H,29,35,37)(H,30,36,38)/t19-,20-,21+,22+,23+,24+,45?/m0/s1. The van der Waals surface area contributed by atoms with Crippen LogP contribution in [0.15, 0.2) is 61.9 Å². The minimum absolute atomic E-state index is 0.0164. The molecule has 45 heavy (non-hydrogen) atoms. The van der Waals surface area contributed by atoms with Crippen molar-refractivity contribution >= 4 is 7.82 Å². The van der Waals surface area contributed by atoms with Crippen LogP contribution in [0, 0.1) is 13.8 Å². The van der Waals surface area contributed by atoms with Crippen LogP contribution in [-0.2, 0) is 34.0 Å². The maximum absolute atomic E-state index is 14.0. The Kier molecular flexibility index (Phi) is 10.2. The molecule has 0 saturated carbocycles. The fourth-order valence-corrected chi connectivity index (χ4v) is 6.52. The lowest BCUT2D eigenvalue weighted by atomic mass is 10.2. The number of benzene rings is 1. The van der Waals surface area contributed by atoms with Crippen molar-refractivity contribution in [3.8, 4) is 0 Å². The van der Waals surface area contributed by atoms with Gasteiger partial charge in [-0.3, -0.25) is 42.3 Å². The van der Waals surface area contributed by atoms with Gasteiger partial charge in [-0.2, -0.15) is 0 Å². The van der Waals surface area contributed by atoms with Crippen LogP contribution in [0.2, 0.25) is 0 Å². The number of phosphoric acid groups is 1. The molecule has 17 heteroatoms. The summed E-state index contributed by atoms with van der Waals surface area (Å²) >= 11 is 0. The number of aliphatic hydroxyl groups excluding tert-OH is 2. The molecular formula is C28H35N4O12P. The van der Waals surface area contributed by atoms with Crippen molar-refractivity contribution in [2.45, 2.75) is 70.0 Å². The summed E-state index contributed by atoms with van der Waals surface area (Å²) in [6, 6.07) is 9.26. The summed E-state index contributed by atoms with van der Waals surface area (Å²) in [6.45, 7) is 1.94. The quantitative estimate of drug-likeness (QED) is 0.196. The van der Waals surface area contributed by atoms with Gasteiger partial charge in [-0.1, -0.05) is 30.3 Å². The molecule has 2 saturated heterocycles. The first-order valence-corrected chi connectivity index (χ1v) is 15.8. The van der Waals surface area contributed by atoms with Crippen molar-refractivity contribution in [2.75, 3.05) is 19.8 Å². The van der Waals surface area contributed by atoms with E-state index in [0.29, 0.717) is 6.42 Å². The molecule has 2 aromatic heterocycles. The highest BCUT2D eigenvalue weighted by Crippen LogP contribution is 2.53. The van der Waals surface area contributed by atoms with Gasteiger partial charge in [0.15, 0.2) is 0 Å². The van der Waals surface area contributed by atoms with Crippen LogP contribution in [0.3, 0.4) is 0 Å². The number of nitrogens with one attached hydrogen (secondary N) is 2. The Morgan fingerprint density at radius 2 is 1.47 bits per heavy atom. The first kappa shape index (κ1) is 32.9. The second kappa shape index (κ2) is 13.9. The van der Waals surface area contributed by atoms with E-state index in [1.165, 1.54) is 26.2 Å². The fraction of sp³-hybridized carbons (Fsp3) is 0.500. The molecule has 0 aliphatic carbocycles. The molecule has 1 unspecified atom stereocenters. The Bertz CT molecular complexity index is 1770. The number of nitrogens with zero attached hydrogens (tertiary/aromatic N) is 2. The van der Waals surface area contributed by atoms with Crippen LogP contribution in [-0.4, -0.2) is 73.6 Å². The Morgan fingerprint density at radius 3 is 2.07 bits per heavy atom. The summed E-state index contributed by atoms with van der Waals surface area (Å²) in [5.41, 5.74) is -1.12. The molecule has 5 rings (SSSR count). The summed E-state index contributed by atoms with van der Waals surface area (Å²) in [5, 5.41) is 20.7. The van der Waals surface area contributed by atoms with Crippen molar-refractivity contribution in [2.24, 2.45) is 0 Å². The predicted octanol–water partition coefficient (Wildman–Crippen LogP) is 0.401. The third kappa shape index (κ3) is 7.68. The van der Waals surface area contributed by atoms with Gasteiger partial charge >= 0.3 is 19.2 Å². The molecule has 3 aromatic rings. The average Bonchev–Trinajstić information content (AvgIpc) is 3.58. The number of H-pyrrole nitrogens is 2. The molecule has 2 aliphatic heterocycles. The van der Waals surface area contributed by atoms with Crippen molar-refractivity contribution in [1.29, 1.82) is 0 Å². The minimum atomic E-state index is -4.44. The minimum Gasteiger partial charge on any atom is -0.394 e. The lowest BCUT2D eigenvalue weighted by Gasteiger charge is -2.25. The Balaban J connectivity index is 1.31. The zero-order valence-corrected chi connectivity index (χ0v) is 25.5. The molecule has 2 aliphatic rings. The maximum Gasteiger partial charge on any atom is 0.475 e. The highest BCUT2D eigenvalue weighted by atomic mass is 31.2. The van der Waals surface area contributed by atoms with E-state index in [2.05, 4.69) is 9.97 Å². The topological polar surface area (TPSA) is 213 Å². The van der Waals surface area contributed by atoms with Crippen LogP contribution in [0.1, 0.15) is 42.0 Å². The van der Waals surface area contributed by atoms with E-state index in [1.54, 1.807) is 0 Å². The maximum atomic E-state index is 14.0. The van der Waals surface area contributed by atoms with Crippen molar-refractivity contribution < 1.29 is 37.8 Å². The van der Waals surface area contributed by atoms with Crippen LogP contribution in [0.5, 0.6) is 0 Å². The number of rotatable bonds is 12. The van der Waals surface area contributed by atoms with Crippen molar-refractivity contribution in [1.82, 2.24) is 19.1 Å². The number of ether oxygens (including phenoxy) is 2. The third-order valence-electron chi connectivity index (χ3n) is 7.62. The summed E-state index contributed by atoms with van der Waals surface area (Å²) in [4.78, 5) is 52.8. The monoisotopic (exact) mass is 650 g/mol. The smallest absolute Gasteiger partial charge is 0.394 e. The van der Waals surface area contributed by atoms with Gasteiger partial charge in [0.1, 0.15) is 30.8 Å². The van der Waals surface area contributed by atoms with Gasteiger partial charge in [-0.25, -0.2) is 14.2 Å². The van der Waals surface area contributed by atoms with Crippen molar-refractivity contribution in [3.05, 3.63) is 101 Å². The van der Waals surface area contributed by atoms with E-state index in [-0.39, 0.29) is 30.6 Å². The second-order valence-corrected chi connectivity index (χ2v) is 12.5. The van der Waals surface area contributed by atoms with Gasteiger partial charge in [0.2, 0.25) is 0 Å². The van der Waals surface area contributed by atoms with E-state index in [9.17, 15) is 34.0 Å². The van der Waals surface area contributed by atoms with Gasteiger partial charge in [-0.15, -0.1) is 0 Å². The molecule has 1 aromatic carbocycles. The number of phosphoric ester groups is 1. The SMILES string of the molecule is Cc1cn([C@H]2C[C@H](OP(=O)(OCCc3ccccc3)OC[C@H]3O[C@@H](n4cc(C)c(=O)[nH]c4=O)C[C@@H]3O)[C@@H](CO)O2)c(=O)[nH]c1=O. The Morgan fingerprint density at radius 1 is 0.889 bits per heavy atom. The molecule has 0 radical (unpaired) electrons. The summed E-state index contributed by atoms with van der Waals surface area (Å²) in [7, 11) is -4.44. The number of aromatic nitrogens is 4. The number of hydrogen-bond acceptors (Lipinski definition) is 12. The molecule has 0 spiro atoms. The summed E-state index contributed by atoms with van der Waals surface area (Å²) in [5.74, 6) is 0. The molecule has 0 amide bonds. The largest absolute Gasteiger partial charge is 0.475 e. The van der Waals surface area contributed by atoms with Crippen molar-refractivity contribution in [3.63, 3.8) is 0 Å². The Hall–Kier alpha value is -3.47. The highest BCUT2D eigenvalue weighted by Gasteiger charge is 2.44. The second-order valence-electron chi connectivity index (χ2n) is 10.9. The summed E-state index contributed by atoms with van der Waals surface area (Å²) in [6.07, 6.45) is -3.24. The van der Waals surface area contributed by atoms with Gasteiger partial charge in [-0.05, 0) is 25.8 Å². The molecular weight excluding hydrogens is 615 g/mol. The van der Waals surface area contributed by atoms with E-state index >= 15 is 0 Å². The third-order valence-corrected chi connectivity index (χ3v) is 9.11. The molecule has 0 bridgehead atoms. The van der Waals surface area contributed by atoms with Crippen LogP contribution >= 0.6 is 7.82 Å². The molecule has 4 N–H and O–H groups in total. The number of aliphatic hydroxyl groups is 2. The first-order valence-electron chi connectivity index (χ1n) is 14.3. The van der Waals surface area contributed by atoms with E-state index in [0.717, 1.165) is 14.7 Å². The molecule has 244 valence electrons. The predicted molar refractivity (Wildman–Crippen MR) is 157 cm³/mol. The Labute approximate surface area is 255 Å².